The van der Waals surface area contributed by atoms with Gasteiger partial charge in [0.25, 0.3) is 0 Å². The van der Waals surface area contributed by atoms with Crippen LogP contribution < -0.4 is 0 Å². The van der Waals surface area contributed by atoms with E-state index in [9.17, 15) is 5.11 Å². The van der Waals surface area contributed by atoms with E-state index in [2.05, 4.69) is 28.9 Å². The molecular formula is C13H20N4OS. The number of hydrogen-bond donors (Lipinski definition) is 1. The molecule has 2 aromatic heterocycles. The van der Waals surface area contributed by atoms with Gasteiger partial charge in [-0.25, -0.2) is 14.6 Å². The minimum atomic E-state index is -0.461. The van der Waals surface area contributed by atoms with Crippen molar-refractivity contribution in [2.24, 2.45) is 5.92 Å². The maximum atomic E-state index is 10.1. The Morgan fingerprint density at radius 2 is 2.16 bits per heavy atom. The summed E-state index contributed by atoms with van der Waals surface area (Å²) in [6.45, 7) is 7.08. The molecule has 6 heteroatoms. The van der Waals surface area contributed by atoms with E-state index in [0.29, 0.717) is 18.8 Å². The molecule has 0 spiro atoms. The first kappa shape index (κ1) is 14.1. The molecule has 0 bridgehead atoms. The van der Waals surface area contributed by atoms with E-state index >= 15 is 0 Å². The van der Waals surface area contributed by atoms with Crippen LogP contribution >= 0.6 is 11.3 Å². The van der Waals surface area contributed by atoms with Crippen LogP contribution in [0, 0.1) is 12.8 Å². The van der Waals surface area contributed by atoms with Gasteiger partial charge in [0.1, 0.15) is 12.2 Å². The van der Waals surface area contributed by atoms with E-state index < -0.39 is 6.10 Å². The van der Waals surface area contributed by atoms with Gasteiger partial charge in [0.15, 0.2) is 0 Å². The van der Waals surface area contributed by atoms with Crippen molar-refractivity contribution in [2.75, 3.05) is 0 Å². The van der Waals surface area contributed by atoms with Crippen molar-refractivity contribution in [2.45, 2.75) is 46.3 Å². The Labute approximate surface area is 117 Å². The molecule has 0 amide bonds. The van der Waals surface area contributed by atoms with Gasteiger partial charge >= 0.3 is 0 Å². The summed E-state index contributed by atoms with van der Waals surface area (Å²) in [5.74, 6) is 1.35. The third kappa shape index (κ3) is 4.11. The molecule has 1 unspecified atom stereocenters. The van der Waals surface area contributed by atoms with Crippen LogP contribution in [-0.4, -0.2) is 31.0 Å². The lowest BCUT2D eigenvalue weighted by Gasteiger charge is -2.11. The van der Waals surface area contributed by atoms with Gasteiger partial charge in [-0.1, -0.05) is 13.8 Å². The minimum Gasteiger partial charge on any atom is -0.392 e. The number of aliphatic hydroxyl groups is 1. The van der Waals surface area contributed by atoms with Crippen LogP contribution in [0.1, 0.15) is 30.4 Å². The van der Waals surface area contributed by atoms with Crippen molar-refractivity contribution in [1.82, 2.24) is 19.7 Å². The highest BCUT2D eigenvalue weighted by molar-refractivity contribution is 7.09. The van der Waals surface area contributed by atoms with Crippen LogP contribution in [0.3, 0.4) is 0 Å². The standard InChI is InChI=1S/C13H20N4OS/c1-9(2)6-17-13(14-8-15-17)5-12(18)4-11-7-19-10(3)16-11/h7-9,12,18H,4-6H2,1-3H3. The third-order valence-corrected chi connectivity index (χ3v) is 3.59. The van der Waals surface area contributed by atoms with Gasteiger partial charge in [-0.2, -0.15) is 5.10 Å². The predicted octanol–water partition coefficient (Wildman–Crippen LogP) is 1.85. The molecule has 0 fully saturated rings. The van der Waals surface area contributed by atoms with Crippen molar-refractivity contribution >= 4 is 11.3 Å². The van der Waals surface area contributed by atoms with Gasteiger partial charge in [-0.3, -0.25) is 0 Å². The van der Waals surface area contributed by atoms with Gasteiger partial charge in [-0.15, -0.1) is 11.3 Å². The van der Waals surface area contributed by atoms with E-state index in [4.69, 9.17) is 0 Å². The molecule has 104 valence electrons. The second kappa shape index (κ2) is 6.25. The van der Waals surface area contributed by atoms with E-state index in [-0.39, 0.29) is 0 Å². The number of thiazole rings is 1. The molecule has 0 aromatic carbocycles. The zero-order chi connectivity index (χ0) is 13.8. The number of aromatic nitrogens is 4. The van der Waals surface area contributed by atoms with Crippen LogP contribution in [0.15, 0.2) is 11.7 Å². The Kier molecular flexibility index (Phi) is 4.66. The fraction of sp³-hybridized carbons (Fsp3) is 0.615. The van der Waals surface area contributed by atoms with Gasteiger partial charge < -0.3 is 5.11 Å². The van der Waals surface area contributed by atoms with Crippen LogP contribution in [0.2, 0.25) is 0 Å². The van der Waals surface area contributed by atoms with Crippen molar-refractivity contribution in [3.63, 3.8) is 0 Å². The van der Waals surface area contributed by atoms with Gasteiger partial charge in [0.2, 0.25) is 0 Å². The highest BCUT2D eigenvalue weighted by atomic mass is 32.1. The van der Waals surface area contributed by atoms with Gasteiger partial charge in [0, 0.05) is 24.8 Å². The number of rotatable bonds is 6. The van der Waals surface area contributed by atoms with Gasteiger partial charge in [0.05, 0.1) is 16.8 Å². The van der Waals surface area contributed by atoms with Crippen LogP contribution in [-0.2, 0) is 19.4 Å². The zero-order valence-corrected chi connectivity index (χ0v) is 12.4. The summed E-state index contributed by atoms with van der Waals surface area (Å²) in [6, 6.07) is 0. The Hall–Kier alpha value is -1.27. The third-order valence-electron chi connectivity index (χ3n) is 2.76. The Morgan fingerprint density at radius 1 is 1.37 bits per heavy atom. The largest absolute Gasteiger partial charge is 0.392 e. The molecule has 1 N–H and O–H groups in total. The molecule has 5 nitrogen and oxygen atoms in total. The molecule has 2 heterocycles. The maximum absolute atomic E-state index is 10.1. The summed E-state index contributed by atoms with van der Waals surface area (Å²) in [6.07, 6.45) is 2.18. The number of nitrogens with zero attached hydrogens (tertiary/aromatic N) is 4. The first-order valence-corrected chi connectivity index (χ1v) is 7.38. The first-order chi connectivity index (χ1) is 9.04. The molecule has 0 radical (unpaired) electrons. The molecule has 0 aliphatic carbocycles. The van der Waals surface area contributed by atoms with Gasteiger partial charge in [-0.05, 0) is 12.8 Å². The predicted molar refractivity (Wildman–Crippen MR) is 75.1 cm³/mol. The molecule has 0 aliphatic rings. The molecule has 0 saturated carbocycles. The second-order valence-corrected chi connectivity index (χ2v) is 6.23. The highest BCUT2D eigenvalue weighted by Gasteiger charge is 2.14. The van der Waals surface area contributed by atoms with E-state index in [1.807, 2.05) is 17.0 Å². The summed E-state index contributed by atoms with van der Waals surface area (Å²) >= 11 is 1.61. The molecule has 19 heavy (non-hydrogen) atoms. The average Bonchev–Trinajstić information content (AvgIpc) is 2.88. The van der Waals surface area contributed by atoms with Crippen molar-refractivity contribution in [1.29, 1.82) is 0 Å². The maximum Gasteiger partial charge on any atom is 0.138 e. The number of aliphatic hydroxyl groups excluding tert-OH is 1. The monoisotopic (exact) mass is 280 g/mol. The van der Waals surface area contributed by atoms with Crippen molar-refractivity contribution < 1.29 is 5.11 Å². The molecule has 0 aliphatic heterocycles. The Bertz CT molecular complexity index is 520. The fourth-order valence-corrected chi connectivity index (χ4v) is 2.60. The number of aryl methyl sites for hydroxylation is 1. The summed E-state index contributed by atoms with van der Waals surface area (Å²) in [5, 5.41) is 17.4. The minimum absolute atomic E-state index is 0.461. The smallest absolute Gasteiger partial charge is 0.138 e. The lowest BCUT2D eigenvalue weighted by Crippen LogP contribution is -2.19. The van der Waals surface area contributed by atoms with E-state index in [0.717, 1.165) is 23.1 Å². The topological polar surface area (TPSA) is 63.8 Å². The lowest BCUT2D eigenvalue weighted by molar-refractivity contribution is 0.169. The highest BCUT2D eigenvalue weighted by Crippen LogP contribution is 2.12. The first-order valence-electron chi connectivity index (χ1n) is 6.50. The molecule has 1 atom stereocenters. The zero-order valence-electron chi connectivity index (χ0n) is 11.6. The van der Waals surface area contributed by atoms with Crippen LogP contribution in [0.5, 0.6) is 0 Å². The fourth-order valence-electron chi connectivity index (χ4n) is 1.97. The lowest BCUT2D eigenvalue weighted by atomic mass is 10.1. The molecule has 2 rings (SSSR count). The van der Waals surface area contributed by atoms with Crippen LogP contribution in [0.25, 0.3) is 0 Å². The van der Waals surface area contributed by atoms with E-state index in [1.54, 1.807) is 17.7 Å². The van der Waals surface area contributed by atoms with E-state index in [1.165, 1.54) is 0 Å². The average molecular weight is 280 g/mol. The molecule has 2 aromatic rings. The quantitative estimate of drug-likeness (QED) is 0.877. The van der Waals surface area contributed by atoms with Crippen molar-refractivity contribution in [3.05, 3.63) is 28.2 Å². The Morgan fingerprint density at radius 3 is 2.79 bits per heavy atom. The second-order valence-electron chi connectivity index (χ2n) is 5.17. The summed E-state index contributed by atoms with van der Waals surface area (Å²) in [5.41, 5.74) is 0.949. The van der Waals surface area contributed by atoms with Crippen molar-refractivity contribution in [3.8, 4) is 0 Å². The molecular weight excluding hydrogens is 260 g/mol. The SMILES string of the molecule is Cc1nc(CC(O)Cc2ncnn2CC(C)C)cs1. The normalized spacial score (nSPS) is 13.1. The van der Waals surface area contributed by atoms with Crippen LogP contribution in [0.4, 0.5) is 0 Å². The Balaban J connectivity index is 1.95. The number of hydrogen-bond acceptors (Lipinski definition) is 5. The summed E-state index contributed by atoms with van der Waals surface area (Å²) < 4.78 is 1.88. The summed E-state index contributed by atoms with van der Waals surface area (Å²) in [7, 11) is 0. The summed E-state index contributed by atoms with van der Waals surface area (Å²) in [4.78, 5) is 8.60. The molecule has 0 saturated heterocycles.